The Morgan fingerprint density at radius 3 is 2.05 bits per heavy atom. The molecule has 0 saturated heterocycles. The second kappa shape index (κ2) is 8.34. The Balaban J connectivity index is 2.33. The Bertz CT molecular complexity index is 387. The molecule has 0 radical (unpaired) electrons. The fraction of sp³-hybridized carbons (Fsp3) is 0.684. The van der Waals surface area contributed by atoms with Crippen LogP contribution in [0.15, 0.2) is 18.2 Å². The molecule has 1 nitrogen and oxygen atoms in total. The largest absolute Gasteiger partial charge is 0.508 e. The summed E-state index contributed by atoms with van der Waals surface area (Å²) in [4.78, 5) is 0. The van der Waals surface area contributed by atoms with Crippen molar-refractivity contribution in [3.63, 3.8) is 0 Å². The lowest BCUT2D eigenvalue weighted by molar-refractivity contribution is 0.445. The van der Waals surface area contributed by atoms with Gasteiger partial charge in [-0.1, -0.05) is 78.4 Å². The Hall–Kier alpha value is -0.980. The van der Waals surface area contributed by atoms with Crippen LogP contribution in [-0.2, 0) is 11.8 Å². The van der Waals surface area contributed by atoms with Gasteiger partial charge in [0.1, 0.15) is 5.75 Å². The van der Waals surface area contributed by atoms with Crippen LogP contribution < -0.4 is 0 Å². The zero-order valence-corrected chi connectivity index (χ0v) is 13.8. The van der Waals surface area contributed by atoms with Crippen LogP contribution in [0.1, 0.15) is 83.8 Å². The standard InChI is InChI=1S/C19H32O/c1-5-6-7-8-9-10-11-12-16-13-14-17(18(20)15-16)19(2,3)4/h13-15,20H,5-12H2,1-4H3. The average Bonchev–Trinajstić information content (AvgIpc) is 2.36. The SMILES string of the molecule is CCCCCCCCCc1ccc(C(C)(C)C)c(O)c1. The zero-order chi connectivity index (χ0) is 15.0. The van der Waals surface area contributed by atoms with Gasteiger partial charge in [0.2, 0.25) is 0 Å². The molecule has 0 spiro atoms. The third-order valence-electron chi connectivity index (χ3n) is 3.94. The van der Waals surface area contributed by atoms with Crippen molar-refractivity contribution in [2.75, 3.05) is 0 Å². The number of phenolic OH excluding ortho intramolecular Hbond substituents is 1. The summed E-state index contributed by atoms with van der Waals surface area (Å²) >= 11 is 0. The van der Waals surface area contributed by atoms with E-state index in [-0.39, 0.29) is 5.41 Å². The lowest BCUT2D eigenvalue weighted by Gasteiger charge is -2.20. The van der Waals surface area contributed by atoms with Crippen LogP contribution in [0.4, 0.5) is 0 Å². The van der Waals surface area contributed by atoms with E-state index in [2.05, 4.69) is 39.8 Å². The van der Waals surface area contributed by atoms with Gasteiger partial charge in [-0.2, -0.15) is 0 Å². The van der Waals surface area contributed by atoms with E-state index in [4.69, 9.17) is 0 Å². The van der Waals surface area contributed by atoms with E-state index in [0.717, 1.165) is 12.0 Å². The maximum absolute atomic E-state index is 10.1. The molecular weight excluding hydrogens is 244 g/mol. The van der Waals surface area contributed by atoms with E-state index in [9.17, 15) is 5.11 Å². The molecule has 0 aromatic heterocycles. The van der Waals surface area contributed by atoms with E-state index in [1.165, 1.54) is 50.5 Å². The van der Waals surface area contributed by atoms with Gasteiger partial charge < -0.3 is 5.11 Å². The van der Waals surface area contributed by atoms with Gasteiger partial charge in [-0.25, -0.2) is 0 Å². The average molecular weight is 276 g/mol. The molecule has 20 heavy (non-hydrogen) atoms. The Labute approximate surface area is 125 Å². The van der Waals surface area contributed by atoms with Crippen molar-refractivity contribution in [3.8, 4) is 5.75 Å². The van der Waals surface area contributed by atoms with E-state index < -0.39 is 0 Å². The summed E-state index contributed by atoms with van der Waals surface area (Å²) in [6.07, 6.45) is 10.4. The van der Waals surface area contributed by atoms with Crippen LogP contribution in [-0.4, -0.2) is 5.11 Å². The lowest BCUT2D eigenvalue weighted by atomic mass is 9.85. The molecule has 0 atom stereocenters. The molecule has 0 fully saturated rings. The van der Waals surface area contributed by atoms with Crippen LogP contribution in [0.3, 0.4) is 0 Å². The summed E-state index contributed by atoms with van der Waals surface area (Å²) < 4.78 is 0. The third kappa shape index (κ3) is 5.98. The first-order valence-electron chi connectivity index (χ1n) is 8.27. The molecule has 0 bridgehead atoms. The first kappa shape index (κ1) is 17.1. The minimum absolute atomic E-state index is 0.0158. The topological polar surface area (TPSA) is 20.2 Å². The molecule has 114 valence electrons. The van der Waals surface area contributed by atoms with Crippen LogP contribution in [0.2, 0.25) is 0 Å². The smallest absolute Gasteiger partial charge is 0.119 e. The quantitative estimate of drug-likeness (QED) is 0.579. The zero-order valence-electron chi connectivity index (χ0n) is 13.8. The van der Waals surface area contributed by atoms with E-state index in [0.29, 0.717) is 5.75 Å². The highest BCUT2D eigenvalue weighted by molar-refractivity contribution is 5.40. The van der Waals surface area contributed by atoms with Crippen molar-refractivity contribution in [2.24, 2.45) is 0 Å². The van der Waals surface area contributed by atoms with Gasteiger partial charge in [0, 0.05) is 0 Å². The van der Waals surface area contributed by atoms with Crippen molar-refractivity contribution in [3.05, 3.63) is 29.3 Å². The first-order valence-corrected chi connectivity index (χ1v) is 8.27. The highest BCUT2D eigenvalue weighted by atomic mass is 16.3. The van der Waals surface area contributed by atoms with Gasteiger partial charge >= 0.3 is 0 Å². The van der Waals surface area contributed by atoms with Crippen molar-refractivity contribution in [2.45, 2.75) is 84.5 Å². The fourth-order valence-electron chi connectivity index (χ4n) is 2.65. The van der Waals surface area contributed by atoms with Crippen LogP contribution in [0.5, 0.6) is 5.75 Å². The van der Waals surface area contributed by atoms with Gasteiger partial charge in [-0.05, 0) is 35.4 Å². The molecule has 0 aliphatic carbocycles. The number of hydrogen-bond acceptors (Lipinski definition) is 1. The second-order valence-electron chi connectivity index (χ2n) is 6.97. The molecule has 0 saturated carbocycles. The normalized spacial score (nSPS) is 11.8. The van der Waals surface area contributed by atoms with E-state index in [1.807, 2.05) is 6.07 Å². The highest BCUT2D eigenvalue weighted by Crippen LogP contribution is 2.31. The minimum atomic E-state index is 0.0158. The molecule has 0 amide bonds. The maximum atomic E-state index is 10.1. The van der Waals surface area contributed by atoms with Crippen molar-refractivity contribution >= 4 is 0 Å². The molecule has 1 heteroatoms. The molecular formula is C19H32O. The van der Waals surface area contributed by atoms with Crippen LogP contribution in [0.25, 0.3) is 0 Å². The van der Waals surface area contributed by atoms with Gasteiger partial charge in [0.05, 0.1) is 0 Å². The van der Waals surface area contributed by atoms with Gasteiger partial charge in [-0.15, -0.1) is 0 Å². The molecule has 1 rings (SSSR count). The van der Waals surface area contributed by atoms with Crippen LogP contribution >= 0.6 is 0 Å². The van der Waals surface area contributed by atoms with Gasteiger partial charge in [-0.3, -0.25) is 0 Å². The predicted molar refractivity (Wildman–Crippen MR) is 88.5 cm³/mol. The number of aromatic hydroxyl groups is 1. The minimum Gasteiger partial charge on any atom is -0.508 e. The van der Waals surface area contributed by atoms with Crippen molar-refractivity contribution in [1.29, 1.82) is 0 Å². The van der Waals surface area contributed by atoms with Crippen molar-refractivity contribution < 1.29 is 5.11 Å². The van der Waals surface area contributed by atoms with Crippen LogP contribution in [0, 0.1) is 0 Å². The Morgan fingerprint density at radius 2 is 1.50 bits per heavy atom. The number of hydrogen-bond donors (Lipinski definition) is 1. The van der Waals surface area contributed by atoms with E-state index in [1.54, 1.807) is 0 Å². The summed E-state index contributed by atoms with van der Waals surface area (Å²) in [6, 6.07) is 6.22. The Kier molecular flexibility index (Phi) is 7.12. The highest BCUT2D eigenvalue weighted by Gasteiger charge is 2.17. The van der Waals surface area contributed by atoms with E-state index >= 15 is 0 Å². The number of unbranched alkanes of at least 4 members (excludes halogenated alkanes) is 6. The maximum Gasteiger partial charge on any atom is 0.119 e. The summed E-state index contributed by atoms with van der Waals surface area (Å²) in [7, 11) is 0. The summed E-state index contributed by atoms with van der Waals surface area (Å²) in [6.45, 7) is 8.67. The number of rotatable bonds is 8. The Morgan fingerprint density at radius 1 is 0.900 bits per heavy atom. The van der Waals surface area contributed by atoms with Crippen molar-refractivity contribution in [1.82, 2.24) is 0 Å². The number of benzene rings is 1. The summed E-state index contributed by atoms with van der Waals surface area (Å²) in [5.74, 6) is 0.456. The molecule has 1 N–H and O–H groups in total. The molecule has 1 aromatic carbocycles. The first-order chi connectivity index (χ1) is 9.45. The third-order valence-corrected chi connectivity index (χ3v) is 3.94. The second-order valence-corrected chi connectivity index (χ2v) is 6.97. The lowest BCUT2D eigenvalue weighted by Crippen LogP contribution is -2.11. The monoisotopic (exact) mass is 276 g/mol. The predicted octanol–water partition coefficient (Wildman–Crippen LogP) is 5.98. The number of phenols is 1. The molecule has 0 unspecified atom stereocenters. The molecule has 0 aliphatic heterocycles. The number of aryl methyl sites for hydroxylation is 1. The fourth-order valence-corrected chi connectivity index (χ4v) is 2.65. The van der Waals surface area contributed by atoms with Gasteiger partial charge in [0.25, 0.3) is 0 Å². The molecule has 1 aromatic rings. The summed E-state index contributed by atoms with van der Waals surface area (Å²) in [5, 5.41) is 10.1. The summed E-state index contributed by atoms with van der Waals surface area (Å²) in [5.41, 5.74) is 2.33. The molecule has 0 heterocycles. The molecule has 0 aliphatic rings. The van der Waals surface area contributed by atoms with Gasteiger partial charge in [0.15, 0.2) is 0 Å².